The van der Waals surface area contributed by atoms with Crippen LogP contribution >= 0.6 is 11.6 Å². The van der Waals surface area contributed by atoms with Crippen LogP contribution in [0.15, 0.2) is 30.3 Å². The Labute approximate surface area is 288 Å². The highest BCUT2D eigenvalue weighted by molar-refractivity contribution is 6.35. The molecule has 2 atom stereocenters. The van der Waals surface area contributed by atoms with Gasteiger partial charge in [0.2, 0.25) is 0 Å². The summed E-state index contributed by atoms with van der Waals surface area (Å²) in [6.45, 7) is 5.27. The molecule has 49 heavy (non-hydrogen) atoms. The van der Waals surface area contributed by atoms with Crippen LogP contribution in [-0.2, 0) is 4.74 Å². The zero-order valence-corrected chi connectivity index (χ0v) is 28.0. The molecule has 0 amide bonds. The van der Waals surface area contributed by atoms with Gasteiger partial charge in [-0.3, -0.25) is 4.90 Å². The first kappa shape index (κ1) is 31.2. The number of anilines is 1. The van der Waals surface area contributed by atoms with Crippen molar-refractivity contribution in [3.8, 4) is 35.2 Å². The molecule has 11 heteroatoms. The first-order valence-electron chi connectivity index (χ1n) is 17.3. The normalized spacial score (nSPS) is 23.9. The van der Waals surface area contributed by atoms with E-state index in [1.54, 1.807) is 6.07 Å². The smallest absolute Gasteiger partial charge is 0.319 e. The molecule has 5 aliphatic rings. The van der Waals surface area contributed by atoms with E-state index in [4.69, 9.17) is 32.5 Å². The number of nitrogens with one attached hydrogen (secondary N) is 1. The van der Waals surface area contributed by atoms with E-state index in [0.717, 1.165) is 52.0 Å². The molecular formula is C38H38ClF2N5O3. The number of phenols is 1. The molecule has 2 bridgehead atoms. The highest BCUT2D eigenvalue weighted by Gasteiger charge is 2.52. The lowest BCUT2D eigenvalue weighted by molar-refractivity contribution is -0.115. The Morgan fingerprint density at radius 1 is 1.10 bits per heavy atom. The molecule has 2 unspecified atom stereocenters. The van der Waals surface area contributed by atoms with Crippen LogP contribution in [0.3, 0.4) is 0 Å². The minimum atomic E-state index is -0.713. The van der Waals surface area contributed by atoms with Crippen molar-refractivity contribution in [2.75, 3.05) is 50.9 Å². The lowest BCUT2D eigenvalue weighted by atomic mass is 9.74. The summed E-state index contributed by atoms with van der Waals surface area (Å²) in [7, 11) is 0. The first-order chi connectivity index (χ1) is 23.7. The molecule has 3 aliphatic heterocycles. The van der Waals surface area contributed by atoms with Gasteiger partial charge in [0.05, 0.1) is 30.4 Å². The van der Waals surface area contributed by atoms with Gasteiger partial charge in [-0.2, -0.15) is 9.97 Å². The third-order valence-corrected chi connectivity index (χ3v) is 11.9. The number of fused-ring (bicyclic) bond motifs is 4. The maximum Gasteiger partial charge on any atom is 0.319 e. The SMILES string of the molecule is C#Cc1c(F)ccc2cc(O)cc(-c3c(Cl)cc4c(N5CC6CCC(C5)N6)nc(OCC5(CN6CCOCC67CCC7)CC5)nc4c3F)c12. The fourth-order valence-electron chi connectivity index (χ4n) is 8.65. The van der Waals surface area contributed by atoms with Crippen molar-refractivity contribution < 1.29 is 23.4 Å². The third kappa shape index (κ3) is 5.29. The van der Waals surface area contributed by atoms with Gasteiger partial charge in [0.1, 0.15) is 22.9 Å². The van der Waals surface area contributed by atoms with Crippen LogP contribution in [0.2, 0.25) is 5.02 Å². The number of terminal acetylenes is 1. The summed E-state index contributed by atoms with van der Waals surface area (Å²) in [4.78, 5) is 14.4. The molecule has 1 aromatic heterocycles. The van der Waals surface area contributed by atoms with E-state index in [2.05, 4.69) is 26.0 Å². The second-order valence-corrected chi connectivity index (χ2v) is 15.2. The molecule has 9 rings (SSSR count). The number of phenolic OH excluding ortho intramolecular Hbond substituents is 1. The monoisotopic (exact) mass is 685 g/mol. The number of piperazine rings is 1. The van der Waals surface area contributed by atoms with E-state index in [9.17, 15) is 9.50 Å². The molecule has 3 aromatic carbocycles. The molecule has 2 aliphatic carbocycles. The van der Waals surface area contributed by atoms with E-state index in [0.29, 0.717) is 48.4 Å². The van der Waals surface area contributed by atoms with Gasteiger partial charge in [0.25, 0.3) is 0 Å². The number of aromatic nitrogens is 2. The largest absolute Gasteiger partial charge is 0.508 e. The number of benzene rings is 3. The van der Waals surface area contributed by atoms with Gasteiger partial charge in [-0.15, -0.1) is 6.42 Å². The first-order valence-corrected chi connectivity index (χ1v) is 17.7. The van der Waals surface area contributed by atoms with Gasteiger partial charge in [-0.25, -0.2) is 8.78 Å². The van der Waals surface area contributed by atoms with Crippen LogP contribution in [0.25, 0.3) is 32.8 Å². The number of halogens is 3. The van der Waals surface area contributed by atoms with E-state index >= 15 is 4.39 Å². The predicted molar refractivity (Wildman–Crippen MR) is 185 cm³/mol. The van der Waals surface area contributed by atoms with E-state index in [1.165, 1.54) is 43.5 Å². The van der Waals surface area contributed by atoms with Crippen LogP contribution < -0.4 is 15.0 Å². The van der Waals surface area contributed by atoms with E-state index < -0.39 is 11.6 Å². The summed E-state index contributed by atoms with van der Waals surface area (Å²) in [6, 6.07) is 7.98. The van der Waals surface area contributed by atoms with Crippen LogP contribution in [0.5, 0.6) is 11.8 Å². The highest BCUT2D eigenvalue weighted by Crippen LogP contribution is 2.50. The minimum Gasteiger partial charge on any atom is -0.508 e. The van der Waals surface area contributed by atoms with Gasteiger partial charge in [-0.1, -0.05) is 23.6 Å². The lowest BCUT2D eigenvalue weighted by Crippen LogP contribution is -2.62. The maximum atomic E-state index is 17.1. The molecule has 3 saturated heterocycles. The Hall–Kier alpha value is -3.75. The number of morpholine rings is 1. The van der Waals surface area contributed by atoms with Gasteiger partial charge in [-0.05, 0) is 80.2 Å². The molecule has 8 nitrogen and oxygen atoms in total. The number of nitrogens with zero attached hydrogens (tertiary/aromatic N) is 4. The number of ether oxygens (including phenoxy) is 2. The molecule has 254 valence electrons. The predicted octanol–water partition coefficient (Wildman–Crippen LogP) is 6.42. The summed E-state index contributed by atoms with van der Waals surface area (Å²) in [5, 5.41) is 15.6. The molecular weight excluding hydrogens is 648 g/mol. The van der Waals surface area contributed by atoms with Crippen molar-refractivity contribution in [2.45, 2.75) is 62.6 Å². The third-order valence-electron chi connectivity index (χ3n) is 11.6. The fraction of sp³-hybridized carbons (Fsp3) is 0.474. The summed E-state index contributed by atoms with van der Waals surface area (Å²) < 4.78 is 44.4. The van der Waals surface area contributed by atoms with Crippen molar-refractivity contribution in [3.63, 3.8) is 0 Å². The molecule has 5 fully saturated rings. The Morgan fingerprint density at radius 3 is 2.61 bits per heavy atom. The van der Waals surface area contributed by atoms with Crippen LogP contribution in [0.4, 0.5) is 14.6 Å². The number of hydrogen-bond donors (Lipinski definition) is 2. The zero-order valence-electron chi connectivity index (χ0n) is 27.2. The Morgan fingerprint density at radius 2 is 1.90 bits per heavy atom. The second-order valence-electron chi connectivity index (χ2n) is 14.8. The van der Waals surface area contributed by atoms with E-state index in [-0.39, 0.29) is 55.3 Å². The molecule has 2 saturated carbocycles. The Kier molecular flexibility index (Phi) is 7.44. The van der Waals surface area contributed by atoms with Crippen molar-refractivity contribution in [3.05, 3.63) is 52.6 Å². The van der Waals surface area contributed by atoms with E-state index in [1.807, 2.05) is 0 Å². The maximum absolute atomic E-state index is 17.1. The topological polar surface area (TPSA) is 83.0 Å². The van der Waals surface area contributed by atoms with Gasteiger partial charge < -0.3 is 24.8 Å². The van der Waals surface area contributed by atoms with Gasteiger partial charge in [0, 0.05) is 65.6 Å². The number of hydrogen-bond acceptors (Lipinski definition) is 8. The standard InChI is InChI=1S/C38H38ClF2N5O3/c1-2-26-30(40)7-4-22-14-25(47)15-27(31(22)26)32-29(39)16-28-34(33(32)41)43-36(44-35(28)45-17-23-5-6-24(18-45)42-23)49-20-37(10-11-37)19-46-12-13-48-21-38(46)8-3-9-38/h1,4,7,14-16,23-24,42,47H,3,5-6,8-13,17-21H2. The van der Waals surface area contributed by atoms with Crippen molar-refractivity contribution >= 4 is 39.1 Å². The van der Waals surface area contributed by atoms with Crippen molar-refractivity contribution in [1.82, 2.24) is 20.2 Å². The molecule has 4 heterocycles. The minimum absolute atomic E-state index is 0.00750. The lowest BCUT2D eigenvalue weighted by Gasteiger charge is -2.53. The summed E-state index contributed by atoms with van der Waals surface area (Å²) in [5.41, 5.74) is 0.315. The Balaban J connectivity index is 1.14. The summed E-state index contributed by atoms with van der Waals surface area (Å²) in [6.07, 6.45) is 13.5. The van der Waals surface area contributed by atoms with Crippen molar-refractivity contribution in [2.24, 2.45) is 5.41 Å². The molecule has 1 spiro atoms. The number of rotatable bonds is 7. The van der Waals surface area contributed by atoms with Gasteiger partial charge >= 0.3 is 6.01 Å². The zero-order chi connectivity index (χ0) is 33.5. The summed E-state index contributed by atoms with van der Waals surface area (Å²) >= 11 is 6.91. The molecule has 2 N–H and O–H groups in total. The fourth-order valence-corrected chi connectivity index (χ4v) is 8.94. The second kappa shape index (κ2) is 11.7. The van der Waals surface area contributed by atoms with Crippen LogP contribution in [0, 0.1) is 29.4 Å². The summed E-state index contributed by atoms with van der Waals surface area (Å²) in [5.74, 6) is 1.52. The average molecular weight is 686 g/mol. The van der Waals surface area contributed by atoms with Crippen LogP contribution in [0.1, 0.15) is 50.5 Å². The van der Waals surface area contributed by atoms with Gasteiger partial charge in [0.15, 0.2) is 5.82 Å². The quantitative estimate of drug-likeness (QED) is 0.216. The van der Waals surface area contributed by atoms with Crippen molar-refractivity contribution in [1.29, 1.82) is 0 Å². The highest BCUT2D eigenvalue weighted by atomic mass is 35.5. The number of aromatic hydroxyl groups is 1. The average Bonchev–Trinajstić information content (AvgIpc) is 3.76. The molecule has 4 aromatic rings. The molecule has 0 radical (unpaired) electrons. The van der Waals surface area contributed by atoms with Crippen LogP contribution in [-0.4, -0.2) is 83.6 Å². The Bertz CT molecular complexity index is 2030.